The summed E-state index contributed by atoms with van der Waals surface area (Å²) < 4.78 is 20.7. The minimum Gasteiger partial charge on any atom is -0.456 e. The van der Waals surface area contributed by atoms with E-state index in [4.69, 9.17) is 12.3 Å². The van der Waals surface area contributed by atoms with Crippen molar-refractivity contribution in [2.45, 2.75) is 180 Å². The third-order valence-electron chi connectivity index (χ3n) is 6.93. The summed E-state index contributed by atoms with van der Waals surface area (Å²) >= 11 is 0. The van der Waals surface area contributed by atoms with E-state index in [1.165, 1.54) is 100 Å². The summed E-state index contributed by atoms with van der Waals surface area (Å²) in [4.78, 5) is 0. The molecule has 0 spiro atoms. The van der Waals surface area contributed by atoms with E-state index in [1.54, 1.807) is 0 Å². The van der Waals surface area contributed by atoms with Crippen LogP contribution in [0.25, 0.3) is 0 Å². The van der Waals surface area contributed by atoms with E-state index < -0.39 is 51.4 Å². The van der Waals surface area contributed by atoms with Crippen molar-refractivity contribution in [3.8, 4) is 0 Å². The smallest absolute Gasteiger partial charge is 0.314 e. The molecule has 2 radical (unpaired) electrons. The summed E-state index contributed by atoms with van der Waals surface area (Å²) in [6.45, 7) is 29.0. The van der Waals surface area contributed by atoms with Crippen molar-refractivity contribution < 1.29 is 12.3 Å². The second kappa shape index (κ2) is 19.3. The fraction of sp³-hybridized carbons (Fsp3) is 1.00. The Morgan fingerprint density at radius 3 is 1.38 bits per heavy atom. The van der Waals surface area contributed by atoms with Crippen LogP contribution in [0.2, 0.25) is 88.9 Å². The third-order valence-corrected chi connectivity index (χ3v) is 32.3. The van der Waals surface area contributed by atoms with Crippen LogP contribution in [0.15, 0.2) is 0 Å². The quantitative estimate of drug-likeness (QED) is 0.0793. The van der Waals surface area contributed by atoms with Crippen LogP contribution >= 0.6 is 0 Å². The summed E-state index contributed by atoms with van der Waals surface area (Å²) in [7, 11) is -8.18. The van der Waals surface area contributed by atoms with Gasteiger partial charge in [0.1, 0.15) is 0 Å². The fourth-order valence-corrected chi connectivity index (χ4v) is 35.6. The molecule has 0 fully saturated rings. The van der Waals surface area contributed by atoms with Crippen LogP contribution in [0.5, 0.6) is 0 Å². The van der Waals surface area contributed by atoms with Crippen molar-refractivity contribution in [3.63, 3.8) is 0 Å². The van der Waals surface area contributed by atoms with Crippen LogP contribution in [0.4, 0.5) is 0 Å². The van der Waals surface area contributed by atoms with Gasteiger partial charge >= 0.3 is 8.56 Å². The molecule has 1 atom stereocenters. The third kappa shape index (κ3) is 22.5. The van der Waals surface area contributed by atoms with Crippen LogP contribution in [0.1, 0.15) is 90.9 Å². The number of hydrogen-bond donors (Lipinski definition) is 0. The topological polar surface area (TPSA) is 27.7 Å². The summed E-state index contributed by atoms with van der Waals surface area (Å²) in [6, 6.07) is 2.52. The second-order valence-electron chi connectivity index (χ2n) is 14.3. The van der Waals surface area contributed by atoms with Crippen LogP contribution in [0.3, 0.4) is 0 Å². The number of rotatable bonds is 24. The van der Waals surface area contributed by atoms with Gasteiger partial charge in [-0.15, -0.1) is 0 Å². The summed E-state index contributed by atoms with van der Waals surface area (Å²) in [6.07, 6.45) is 16.4. The molecule has 0 saturated carbocycles. The molecule has 0 N–H and O–H groups in total. The van der Waals surface area contributed by atoms with Gasteiger partial charge in [0, 0.05) is 8.07 Å². The highest BCUT2D eigenvalue weighted by Crippen LogP contribution is 2.28. The standard InChI is InChI=1S/C28H68O3Si6/c1-13-15-17-19-21-23-25-36(10,11)29-32(3)27-35(8,9)28-33(4)30-37(12,31-34(5,6)7)26-24-22-20-18-16-14-2/h13-28H2,1-12H3. The Morgan fingerprint density at radius 2 is 0.919 bits per heavy atom. The highest BCUT2D eigenvalue weighted by molar-refractivity contribution is 6.95. The maximum atomic E-state index is 7.02. The average molecular weight is 621 g/mol. The Bertz CT molecular complexity index is 571. The first-order valence-electron chi connectivity index (χ1n) is 15.8. The molecule has 0 rings (SSSR count). The van der Waals surface area contributed by atoms with Crippen LogP contribution in [-0.2, 0) is 12.3 Å². The predicted octanol–water partition coefficient (Wildman–Crippen LogP) is 10.9. The lowest BCUT2D eigenvalue weighted by Crippen LogP contribution is -2.51. The van der Waals surface area contributed by atoms with Gasteiger partial charge in [-0.25, -0.2) is 0 Å². The molecule has 0 bridgehead atoms. The Balaban J connectivity index is 4.75. The van der Waals surface area contributed by atoms with E-state index in [0.717, 1.165) is 0 Å². The normalized spacial score (nSPS) is 15.1. The van der Waals surface area contributed by atoms with Crippen LogP contribution in [-0.4, -0.2) is 51.4 Å². The minimum atomic E-state index is -2.11. The minimum absolute atomic E-state index is 0.724. The monoisotopic (exact) mass is 620 g/mol. The molecule has 222 valence electrons. The molecule has 0 amide bonds. The van der Waals surface area contributed by atoms with Gasteiger partial charge in [0.05, 0.1) is 0 Å². The Labute approximate surface area is 242 Å². The Kier molecular flexibility index (Phi) is 19.9. The molecule has 0 heterocycles. The molecular weight excluding hydrogens is 553 g/mol. The predicted molar refractivity (Wildman–Crippen MR) is 182 cm³/mol. The molecule has 9 heteroatoms. The lowest BCUT2D eigenvalue weighted by molar-refractivity contribution is 0.387. The van der Waals surface area contributed by atoms with E-state index >= 15 is 0 Å². The molecule has 1 unspecified atom stereocenters. The molecule has 0 aromatic rings. The van der Waals surface area contributed by atoms with Crippen molar-refractivity contribution >= 4 is 51.4 Å². The van der Waals surface area contributed by atoms with E-state index in [2.05, 4.69) is 79.3 Å². The lowest BCUT2D eigenvalue weighted by atomic mass is 10.1. The highest BCUT2D eigenvalue weighted by atomic mass is 28.5. The molecule has 0 aromatic heterocycles. The van der Waals surface area contributed by atoms with Gasteiger partial charge in [0.25, 0.3) is 0 Å². The zero-order chi connectivity index (χ0) is 28.6. The van der Waals surface area contributed by atoms with Gasteiger partial charge in [-0.3, -0.25) is 0 Å². The van der Waals surface area contributed by atoms with Crippen molar-refractivity contribution in [2.24, 2.45) is 0 Å². The molecule has 0 aromatic carbocycles. The SMILES string of the molecule is CCCCCCCC[Si](C)(C)O[Si](C)C[Si](C)(C)C[Si](C)O[Si](C)(CCCCCCCC)O[Si](C)(C)C. The molecule has 0 aliphatic carbocycles. The summed E-state index contributed by atoms with van der Waals surface area (Å²) in [5.41, 5.74) is 2.69. The molecular formula is C28H68O3Si6. The van der Waals surface area contributed by atoms with Crippen molar-refractivity contribution in [1.82, 2.24) is 0 Å². The highest BCUT2D eigenvalue weighted by Gasteiger charge is 2.40. The molecule has 3 nitrogen and oxygen atoms in total. The molecule has 37 heavy (non-hydrogen) atoms. The number of unbranched alkanes of at least 4 members (excludes halogenated alkanes) is 10. The van der Waals surface area contributed by atoms with Crippen LogP contribution in [0, 0.1) is 0 Å². The first-order valence-corrected chi connectivity index (χ1v) is 32.5. The zero-order valence-electron chi connectivity index (χ0n) is 27.5. The molecule has 0 aliphatic heterocycles. The summed E-state index contributed by atoms with van der Waals surface area (Å²) in [5, 5.41) is 0. The van der Waals surface area contributed by atoms with Crippen molar-refractivity contribution in [1.29, 1.82) is 0 Å². The fourth-order valence-electron chi connectivity index (χ4n) is 5.70. The molecule has 0 aliphatic rings. The van der Waals surface area contributed by atoms with Gasteiger partial charge in [-0.05, 0) is 75.8 Å². The maximum Gasteiger partial charge on any atom is 0.314 e. The Hall–Kier alpha value is 1.18. The van der Waals surface area contributed by atoms with E-state index in [1.807, 2.05) is 0 Å². The van der Waals surface area contributed by atoms with E-state index in [9.17, 15) is 0 Å². The van der Waals surface area contributed by atoms with Crippen LogP contribution < -0.4 is 0 Å². The van der Waals surface area contributed by atoms with Gasteiger partial charge < -0.3 is 12.3 Å². The van der Waals surface area contributed by atoms with E-state index in [0.29, 0.717) is 0 Å². The average Bonchev–Trinajstić information content (AvgIpc) is 2.70. The van der Waals surface area contributed by atoms with E-state index in [-0.39, 0.29) is 0 Å². The number of hydrogen-bond acceptors (Lipinski definition) is 3. The van der Waals surface area contributed by atoms with Gasteiger partial charge in [-0.2, -0.15) is 0 Å². The Morgan fingerprint density at radius 1 is 0.514 bits per heavy atom. The first-order chi connectivity index (χ1) is 17.0. The second-order valence-corrected chi connectivity index (χ2v) is 37.7. The van der Waals surface area contributed by atoms with Gasteiger partial charge in [0.2, 0.25) is 0 Å². The van der Waals surface area contributed by atoms with Gasteiger partial charge in [0.15, 0.2) is 34.7 Å². The van der Waals surface area contributed by atoms with Crippen molar-refractivity contribution in [3.05, 3.63) is 0 Å². The lowest BCUT2D eigenvalue weighted by Gasteiger charge is -2.38. The largest absolute Gasteiger partial charge is 0.456 e. The molecule has 0 saturated heterocycles. The van der Waals surface area contributed by atoms with Crippen molar-refractivity contribution in [2.75, 3.05) is 0 Å². The summed E-state index contributed by atoms with van der Waals surface area (Å²) in [5.74, 6) is 0. The van der Waals surface area contributed by atoms with Gasteiger partial charge in [-0.1, -0.05) is 104 Å². The first kappa shape index (κ1) is 38.2. The maximum absolute atomic E-state index is 7.02. The zero-order valence-corrected chi connectivity index (χ0v) is 33.5.